The normalized spacial score (nSPS) is 12.4. The fourth-order valence-electron chi connectivity index (χ4n) is 3.92. The summed E-state index contributed by atoms with van der Waals surface area (Å²) in [5, 5.41) is 10.9. The van der Waals surface area contributed by atoms with Crippen molar-refractivity contribution >= 4 is 32.7 Å². The van der Waals surface area contributed by atoms with Crippen LogP contribution >= 0.6 is 0 Å². The number of sulfonamides is 1. The van der Waals surface area contributed by atoms with Gasteiger partial charge in [0.2, 0.25) is 10.0 Å². The molecule has 0 aliphatic carbocycles. The average molecular weight is 524 g/mol. The summed E-state index contributed by atoms with van der Waals surface area (Å²) in [7, 11) is -4.07. The van der Waals surface area contributed by atoms with E-state index in [0.717, 1.165) is 22.4 Å². The molecule has 192 valence electrons. The molecular formula is C25H25N5O6S. The number of nitrogens with one attached hydrogen (secondary N) is 1. The summed E-state index contributed by atoms with van der Waals surface area (Å²) in [6.45, 7) is 4.08. The molecule has 0 saturated carbocycles. The van der Waals surface area contributed by atoms with E-state index in [1.165, 1.54) is 36.4 Å². The number of ether oxygens (including phenoxy) is 1. The standard InChI is InChI=1S/C25H25N5O6S/c1-3-36-25(31)22(14-18-4-8-20(9-5-18)30(32)33)28-37(34,35)21-10-6-19(7-11-21)16-29-17(2)27-23-15-26-13-12-24(23)29/h4-13,15,22,28H,3,14,16H2,1-2H3/t22-/m0/s1. The quantitative estimate of drug-likeness (QED) is 0.189. The summed E-state index contributed by atoms with van der Waals surface area (Å²) >= 11 is 0. The first-order valence-electron chi connectivity index (χ1n) is 11.5. The van der Waals surface area contributed by atoms with Crippen LogP contribution in [0, 0.1) is 17.0 Å². The molecule has 11 nitrogen and oxygen atoms in total. The van der Waals surface area contributed by atoms with Gasteiger partial charge in [-0.2, -0.15) is 4.72 Å². The van der Waals surface area contributed by atoms with E-state index >= 15 is 0 Å². The molecule has 0 radical (unpaired) electrons. The molecule has 37 heavy (non-hydrogen) atoms. The second-order valence-corrected chi connectivity index (χ2v) is 10.0. The highest BCUT2D eigenvalue weighted by atomic mass is 32.2. The van der Waals surface area contributed by atoms with Crippen molar-refractivity contribution in [2.24, 2.45) is 0 Å². The van der Waals surface area contributed by atoms with E-state index in [2.05, 4.69) is 14.7 Å². The van der Waals surface area contributed by atoms with Crippen LogP contribution in [-0.4, -0.2) is 46.5 Å². The molecule has 0 spiro atoms. The van der Waals surface area contributed by atoms with E-state index in [1.807, 2.05) is 17.6 Å². The first-order valence-corrected chi connectivity index (χ1v) is 12.9. The van der Waals surface area contributed by atoms with Crippen LogP contribution in [0.1, 0.15) is 23.9 Å². The van der Waals surface area contributed by atoms with Crippen LogP contribution in [0.4, 0.5) is 5.69 Å². The first kappa shape index (κ1) is 25.9. The Morgan fingerprint density at radius 3 is 2.43 bits per heavy atom. The van der Waals surface area contributed by atoms with Crippen LogP contribution in [0.15, 0.2) is 71.9 Å². The van der Waals surface area contributed by atoms with Crippen molar-refractivity contribution in [1.82, 2.24) is 19.3 Å². The molecule has 0 aliphatic rings. The van der Waals surface area contributed by atoms with Gasteiger partial charge in [-0.3, -0.25) is 19.9 Å². The van der Waals surface area contributed by atoms with Crippen molar-refractivity contribution in [1.29, 1.82) is 0 Å². The Labute approximate surface area is 213 Å². The molecule has 2 aromatic carbocycles. The van der Waals surface area contributed by atoms with Gasteiger partial charge in [-0.15, -0.1) is 0 Å². The lowest BCUT2D eigenvalue weighted by molar-refractivity contribution is -0.384. The minimum Gasteiger partial charge on any atom is -0.465 e. The van der Waals surface area contributed by atoms with Gasteiger partial charge in [0.25, 0.3) is 5.69 Å². The van der Waals surface area contributed by atoms with E-state index in [1.54, 1.807) is 31.5 Å². The van der Waals surface area contributed by atoms with Crippen LogP contribution in [-0.2, 0) is 32.5 Å². The molecule has 4 rings (SSSR count). The molecule has 0 aliphatic heterocycles. The third-order valence-electron chi connectivity index (χ3n) is 5.77. The molecule has 0 amide bonds. The lowest BCUT2D eigenvalue weighted by Crippen LogP contribution is -2.43. The molecule has 2 aromatic heterocycles. The number of aryl methyl sites for hydroxylation is 1. The number of nitrogens with zero attached hydrogens (tertiary/aromatic N) is 4. The van der Waals surface area contributed by atoms with Gasteiger partial charge in [0.15, 0.2) is 0 Å². The zero-order chi connectivity index (χ0) is 26.6. The Bertz CT molecular complexity index is 1530. The van der Waals surface area contributed by atoms with Crippen LogP contribution in [0.25, 0.3) is 11.0 Å². The summed E-state index contributed by atoms with van der Waals surface area (Å²) in [5.74, 6) is 0.0721. The topological polar surface area (TPSA) is 146 Å². The number of esters is 1. The highest BCUT2D eigenvalue weighted by molar-refractivity contribution is 7.89. The van der Waals surface area contributed by atoms with Gasteiger partial charge in [-0.05, 0) is 49.6 Å². The number of rotatable bonds is 10. The lowest BCUT2D eigenvalue weighted by Gasteiger charge is -2.18. The Balaban J connectivity index is 1.52. The summed E-state index contributed by atoms with van der Waals surface area (Å²) in [6.07, 6.45) is 3.35. The van der Waals surface area contributed by atoms with E-state index in [-0.39, 0.29) is 23.6 Å². The molecule has 0 saturated heterocycles. The number of nitro groups is 1. The number of imidazole rings is 1. The maximum absolute atomic E-state index is 13.1. The third-order valence-corrected chi connectivity index (χ3v) is 7.26. The third kappa shape index (κ3) is 5.98. The second kappa shape index (κ2) is 10.8. The molecule has 2 heterocycles. The number of hydrogen-bond donors (Lipinski definition) is 1. The molecule has 0 bridgehead atoms. The maximum Gasteiger partial charge on any atom is 0.324 e. The van der Waals surface area contributed by atoms with E-state index in [9.17, 15) is 23.3 Å². The van der Waals surface area contributed by atoms with E-state index < -0.39 is 27.0 Å². The zero-order valence-corrected chi connectivity index (χ0v) is 21.0. The number of fused-ring (bicyclic) bond motifs is 1. The fraction of sp³-hybridized carbons (Fsp3) is 0.240. The summed E-state index contributed by atoms with van der Waals surface area (Å²) in [6, 6.07) is 12.6. The monoisotopic (exact) mass is 523 g/mol. The molecule has 0 unspecified atom stereocenters. The maximum atomic E-state index is 13.1. The molecule has 1 atom stereocenters. The predicted molar refractivity (Wildman–Crippen MR) is 135 cm³/mol. The number of benzene rings is 2. The van der Waals surface area contributed by atoms with Crippen LogP contribution in [0.5, 0.6) is 0 Å². The Hall–Kier alpha value is -4.16. The van der Waals surface area contributed by atoms with Gasteiger partial charge in [-0.25, -0.2) is 13.4 Å². The Morgan fingerprint density at radius 1 is 1.11 bits per heavy atom. The highest BCUT2D eigenvalue weighted by Crippen LogP contribution is 2.19. The van der Waals surface area contributed by atoms with E-state index in [4.69, 9.17) is 4.74 Å². The van der Waals surface area contributed by atoms with Crippen molar-refractivity contribution < 1.29 is 22.9 Å². The highest BCUT2D eigenvalue weighted by Gasteiger charge is 2.27. The number of carbonyl (C=O) groups excluding carboxylic acids is 1. The Kier molecular flexibility index (Phi) is 7.60. The number of nitro benzene ring substituents is 1. The largest absolute Gasteiger partial charge is 0.465 e. The van der Waals surface area contributed by atoms with Gasteiger partial charge in [0.1, 0.15) is 17.4 Å². The van der Waals surface area contributed by atoms with Gasteiger partial charge >= 0.3 is 5.97 Å². The smallest absolute Gasteiger partial charge is 0.324 e. The van der Waals surface area contributed by atoms with Crippen molar-refractivity contribution in [2.45, 2.75) is 37.8 Å². The predicted octanol–water partition coefficient (Wildman–Crippen LogP) is 3.15. The number of carbonyl (C=O) groups is 1. The second-order valence-electron chi connectivity index (χ2n) is 8.31. The Morgan fingerprint density at radius 2 is 1.78 bits per heavy atom. The van der Waals surface area contributed by atoms with Crippen LogP contribution < -0.4 is 4.72 Å². The van der Waals surface area contributed by atoms with Crippen LogP contribution in [0.2, 0.25) is 0 Å². The molecular weight excluding hydrogens is 498 g/mol. The summed E-state index contributed by atoms with van der Waals surface area (Å²) in [5.41, 5.74) is 3.01. The lowest BCUT2D eigenvalue weighted by atomic mass is 10.1. The number of non-ortho nitro benzene ring substituents is 1. The van der Waals surface area contributed by atoms with Gasteiger partial charge in [0.05, 0.1) is 28.1 Å². The summed E-state index contributed by atoms with van der Waals surface area (Å²) in [4.78, 5) is 31.5. The van der Waals surface area contributed by atoms with Gasteiger partial charge in [-0.1, -0.05) is 24.3 Å². The van der Waals surface area contributed by atoms with E-state index in [0.29, 0.717) is 12.1 Å². The number of hydrogen-bond acceptors (Lipinski definition) is 8. The molecule has 1 N–H and O–H groups in total. The number of pyridine rings is 1. The average Bonchev–Trinajstić information content (AvgIpc) is 3.19. The summed E-state index contributed by atoms with van der Waals surface area (Å²) < 4.78 is 35.7. The fourth-order valence-corrected chi connectivity index (χ4v) is 5.10. The van der Waals surface area contributed by atoms with Crippen molar-refractivity contribution in [3.8, 4) is 0 Å². The van der Waals surface area contributed by atoms with Crippen molar-refractivity contribution in [3.63, 3.8) is 0 Å². The van der Waals surface area contributed by atoms with Crippen LogP contribution in [0.3, 0.4) is 0 Å². The SMILES string of the molecule is CCOC(=O)[C@H](Cc1ccc([N+](=O)[O-])cc1)NS(=O)(=O)c1ccc(Cn2c(C)nc3cnccc32)cc1. The minimum atomic E-state index is -4.07. The minimum absolute atomic E-state index is 0.00865. The van der Waals surface area contributed by atoms with Gasteiger partial charge in [0, 0.05) is 24.9 Å². The molecule has 0 fully saturated rings. The van der Waals surface area contributed by atoms with Crippen molar-refractivity contribution in [3.05, 3.63) is 94.1 Å². The molecule has 12 heteroatoms. The number of aromatic nitrogens is 3. The van der Waals surface area contributed by atoms with Crippen molar-refractivity contribution in [2.75, 3.05) is 6.61 Å². The zero-order valence-electron chi connectivity index (χ0n) is 20.2. The molecule has 4 aromatic rings. The first-order chi connectivity index (χ1) is 17.7. The van der Waals surface area contributed by atoms with Gasteiger partial charge < -0.3 is 9.30 Å².